The number of carbonyl (C=O) groups excluding carboxylic acids is 1. The molecule has 0 amide bonds. The molecule has 0 aliphatic heterocycles. The number of H-pyrrole nitrogens is 1. The zero-order valence-electron chi connectivity index (χ0n) is 11.7. The van der Waals surface area contributed by atoms with Crippen LogP contribution >= 0.6 is 0 Å². The van der Waals surface area contributed by atoms with E-state index in [0.29, 0.717) is 5.75 Å². The van der Waals surface area contributed by atoms with Gasteiger partial charge in [-0.3, -0.25) is 4.79 Å². The van der Waals surface area contributed by atoms with E-state index in [9.17, 15) is 4.79 Å². The SMILES string of the molecule is CCN(C)CCc1c[nH]c2ccc(OC(C)=O)cc12. The van der Waals surface area contributed by atoms with Gasteiger partial charge in [-0.05, 0) is 43.8 Å². The summed E-state index contributed by atoms with van der Waals surface area (Å²) in [5.74, 6) is 0.312. The standard InChI is InChI=1S/C15H20N2O2/c1-4-17(3)8-7-12-10-16-15-6-5-13(9-14(12)15)19-11(2)18/h5-6,9-10,16H,4,7-8H2,1-3H3. The molecule has 0 saturated heterocycles. The molecule has 4 heteroatoms. The number of fused-ring (bicyclic) bond motifs is 1. The van der Waals surface area contributed by atoms with Crippen molar-refractivity contribution in [3.63, 3.8) is 0 Å². The Bertz CT molecular complexity index is 575. The lowest BCUT2D eigenvalue weighted by Crippen LogP contribution is -2.20. The number of hydrogen-bond donors (Lipinski definition) is 1. The molecule has 0 spiro atoms. The average molecular weight is 260 g/mol. The molecule has 102 valence electrons. The number of rotatable bonds is 5. The molecule has 0 radical (unpaired) electrons. The number of esters is 1. The van der Waals surface area contributed by atoms with Crippen LogP contribution in [0.1, 0.15) is 19.4 Å². The third-order valence-corrected chi connectivity index (χ3v) is 3.30. The normalized spacial score (nSPS) is 11.2. The molecule has 2 rings (SSSR count). The van der Waals surface area contributed by atoms with Crippen LogP contribution < -0.4 is 4.74 Å². The Kier molecular flexibility index (Phi) is 4.22. The highest BCUT2D eigenvalue weighted by atomic mass is 16.5. The van der Waals surface area contributed by atoms with Crippen LogP contribution in [0.3, 0.4) is 0 Å². The molecule has 0 atom stereocenters. The Balaban J connectivity index is 2.21. The number of likely N-dealkylation sites (N-methyl/N-ethyl adjacent to an activating group) is 1. The summed E-state index contributed by atoms with van der Waals surface area (Å²) in [7, 11) is 2.11. The monoisotopic (exact) mass is 260 g/mol. The van der Waals surface area contributed by atoms with Gasteiger partial charge in [0.1, 0.15) is 5.75 Å². The molecule has 1 aromatic carbocycles. The van der Waals surface area contributed by atoms with Crippen molar-refractivity contribution >= 4 is 16.9 Å². The van der Waals surface area contributed by atoms with Crippen LogP contribution in [0.5, 0.6) is 5.75 Å². The van der Waals surface area contributed by atoms with Crippen LogP contribution in [-0.2, 0) is 11.2 Å². The van der Waals surface area contributed by atoms with E-state index >= 15 is 0 Å². The minimum absolute atomic E-state index is 0.290. The minimum Gasteiger partial charge on any atom is -0.427 e. The maximum atomic E-state index is 11.0. The number of aromatic amines is 1. The first kappa shape index (κ1) is 13.6. The predicted octanol–water partition coefficient (Wildman–Crippen LogP) is 2.59. The number of carbonyl (C=O) groups is 1. The second kappa shape index (κ2) is 5.89. The fraction of sp³-hybridized carbons (Fsp3) is 0.400. The van der Waals surface area contributed by atoms with E-state index in [-0.39, 0.29) is 5.97 Å². The third kappa shape index (κ3) is 3.35. The summed E-state index contributed by atoms with van der Waals surface area (Å²) in [6.07, 6.45) is 3.01. The Hall–Kier alpha value is -1.81. The van der Waals surface area contributed by atoms with Gasteiger partial charge in [-0.25, -0.2) is 0 Å². The van der Waals surface area contributed by atoms with E-state index < -0.39 is 0 Å². The Morgan fingerprint density at radius 3 is 2.89 bits per heavy atom. The molecule has 0 aliphatic rings. The quantitative estimate of drug-likeness (QED) is 0.664. The number of aromatic nitrogens is 1. The predicted molar refractivity (Wildman–Crippen MR) is 76.5 cm³/mol. The molecule has 1 heterocycles. The number of nitrogens with zero attached hydrogens (tertiary/aromatic N) is 1. The molecule has 4 nitrogen and oxygen atoms in total. The molecule has 19 heavy (non-hydrogen) atoms. The number of nitrogens with one attached hydrogen (secondary N) is 1. The van der Waals surface area contributed by atoms with Gasteiger partial charge in [-0.1, -0.05) is 6.92 Å². The molecular weight excluding hydrogens is 240 g/mol. The molecule has 0 unspecified atom stereocenters. The number of benzene rings is 1. The van der Waals surface area contributed by atoms with Crippen molar-refractivity contribution in [1.29, 1.82) is 0 Å². The van der Waals surface area contributed by atoms with Crippen LogP contribution in [0, 0.1) is 0 Å². The molecule has 2 aromatic rings. The van der Waals surface area contributed by atoms with Crippen molar-refractivity contribution in [3.05, 3.63) is 30.0 Å². The molecule has 0 saturated carbocycles. The van der Waals surface area contributed by atoms with Gasteiger partial charge >= 0.3 is 5.97 Å². The summed E-state index contributed by atoms with van der Waals surface area (Å²) in [6.45, 7) is 5.62. The van der Waals surface area contributed by atoms with Crippen LogP contribution in [0.15, 0.2) is 24.4 Å². The first-order chi connectivity index (χ1) is 9.10. The van der Waals surface area contributed by atoms with Crippen molar-refractivity contribution in [1.82, 2.24) is 9.88 Å². The highest BCUT2D eigenvalue weighted by Crippen LogP contribution is 2.24. The van der Waals surface area contributed by atoms with Gasteiger partial charge in [0.15, 0.2) is 0 Å². The van der Waals surface area contributed by atoms with Gasteiger partial charge in [-0.15, -0.1) is 0 Å². The van der Waals surface area contributed by atoms with Gasteiger partial charge in [0.05, 0.1) is 0 Å². The average Bonchev–Trinajstić information content (AvgIpc) is 2.77. The molecular formula is C15H20N2O2. The Morgan fingerprint density at radius 1 is 1.42 bits per heavy atom. The maximum absolute atomic E-state index is 11.0. The number of ether oxygens (including phenoxy) is 1. The Labute approximate surface area is 113 Å². The van der Waals surface area contributed by atoms with Crippen molar-refractivity contribution in [2.45, 2.75) is 20.3 Å². The van der Waals surface area contributed by atoms with Gasteiger partial charge in [0, 0.05) is 30.6 Å². The molecule has 0 fully saturated rings. The van der Waals surface area contributed by atoms with Gasteiger partial charge < -0.3 is 14.6 Å². The van der Waals surface area contributed by atoms with Crippen molar-refractivity contribution in [2.24, 2.45) is 0 Å². The third-order valence-electron chi connectivity index (χ3n) is 3.30. The van der Waals surface area contributed by atoms with E-state index in [0.717, 1.165) is 30.4 Å². The summed E-state index contributed by atoms with van der Waals surface area (Å²) >= 11 is 0. The second-order valence-corrected chi connectivity index (χ2v) is 4.76. The van der Waals surface area contributed by atoms with Gasteiger partial charge in [0.25, 0.3) is 0 Å². The summed E-state index contributed by atoms with van der Waals surface area (Å²) in [4.78, 5) is 16.5. The highest BCUT2D eigenvalue weighted by Gasteiger charge is 2.07. The maximum Gasteiger partial charge on any atom is 0.308 e. The van der Waals surface area contributed by atoms with Gasteiger partial charge in [0.2, 0.25) is 0 Å². The van der Waals surface area contributed by atoms with Gasteiger partial charge in [-0.2, -0.15) is 0 Å². The lowest BCUT2D eigenvalue weighted by atomic mass is 10.1. The highest BCUT2D eigenvalue weighted by molar-refractivity contribution is 5.85. The summed E-state index contributed by atoms with van der Waals surface area (Å²) < 4.78 is 5.13. The van der Waals surface area contributed by atoms with Crippen LogP contribution in [0.25, 0.3) is 10.9 Å². The largest absolute Gasteiger partial charge is 0.427 e. The minimum atomic E-state index is -0.290. The topological polar surface area (TPSA) is 45.3 Å². The fourth-order valence-electron chi connectivity index (χ4n) is 2.06. The molecule has 0 aliphatic carbocycles. The second-order valence-electron chi connectivity index (χ2n) is 4.76. The molecule has 0 bridgehead atoms. The first-order valence-electron chi connectivity index (χ1n) is 6.57. The number of hydrogen-bond acceptors (Lipinski definition) is 3. The van der Waals surface area contributed by atoms with Crippen LogP contribution in [0.2, 0.25) is 0 Å². The van der Waals surface area contributed by atoms with Crippen molar-refractivity contribution < 1.29 is 9.53 Å². The zero-order chi connectivity index (χ0) is 13.8. The summed E-state index contributed by atoms with van der Waals surface area (Å²) in [6, 6.07) is 5.68. The smallest absolute Gasteiger partial charge is 0.308 e. The zero-order valence-corrected chi connectivity index (χ0v) is 11.7. The van der Waals surface area contributed by atoms with Crippen molar-refractivity contribution in [3.8, 4) is 5.75 Å². The first-order valence-corrected chi connectivity index (χ1v) is 6.57. The molecule has 1 aromatic heterocycles. The summed E-state index contributed by atoms with van der Waals surface area (Å²) in [5, 5.41) is 1.13. The summed E-state index contributed by atoms with van der Waals surface area (Å²) in [5.41, 5.74) is 2.33. The lowest BCUT2D eigenvalue weighted by Gasteiger charge is -2.12. The van der Waals surface area contributed by atoms with E-state index in [1.165, 1.54) is 12.5 Å². The van der Waals surface area contributed by atoms with E-state index in [4.69, 9.17) is 4.74 Å². The lowest BCUT2D eigenvalue weighted by molar-refractivity contribution is -0.131. The van der Waals surface area contributed by atoms with E-state index in [1.54, 1.807) is 0 Å². The molecule has 1 N–H and O–H groups in total. The van der Waals surface area contributed by atoms with E-state index in [1.807, 2.05) is 24.4 Å². The fourth-order valence-corrected chi connectivity index (χ4v) is 2.06. The van der Waals surface area contributed by atoms with Crippen LogP contribution in [0.4, 0.5) is 0 Å². The Morgan fingerprint density at radius 2 is 2.21 bits per heavy atom. The van der Waals surface area contributed by atoms with E-state index in [2.05, 4.69) is 23.9 Å². The van der Waals surface area contributed by atoms with Crippen LogP contribution in [-0.4, -0.2) is 36.0 Å². The van der Waals surface area contributed by atoms with Crippen molar-refractivity contribution in [2.75, 3.05) is 20.1 Å².